The van der Waals surface area contributed by atoms with Crippen LogP contribution in [0.15, 0.2) is 96.7 Å². The normalized spacial score (nSPS) is 16.2. The summed E-state index contributed by atoms with van der Waals surface area (Å²) < 4.78 is 8.08. The van der Waals surface area contributed by atoms with Gasteiger partial charge >= 0.3 is 0 Å². The van der Waals surface area contributed by atoms with Crippen molar-refractivity contribution in [3.05, 3.63) is 114 Å². The second kappa shape index (κ2) is 12.6. The molecule has 0 saturated carbocycles. The Labute approximate surface area is 242 Å². The molecule has 0 radical (unpaired) electrons. The maximum absolute atomic E-state index is 12.6. The van der Waals surface area contributed by atoms with Crippen molar-refractivity contribution in [2.24, 2.45) is 0 Å². The van der Waals surface area contributed by atoms with Crippen molar-refractivity contribution < 1.29 is 9.53 Å². The van der Waals surface area contributed by atoms with E-state index in [9.17, 15) is 4.79 Å². The van der Waals surface area contributed by atoms with Crippen molar-refractivity contribution in [3.8, 4) is 0 Å². The molecule has 41 heavy (non-hydrogen) atoms. The minimum Gasteiger partial charge on any atom is -0.377 e. The number of hydrogen-bond acceptors (Lipinski definition) is 6. The van der Waals surface area contributed by atoms with Gasteiger partial charge in [-0.3, -0.25) is 0 Å². The van der Waals surface area contributed by atoms with E-state index in [0.29, 0.717) is 32.0 Å². The smallest absolute Gasteiger partial charge is 0.152 e. The van der Waals surface area contributed by atoms with E-state index < -0.39 is 0 Å². The number of carbonyl (C=O) groups excluding carboxylic acids is 1. The highest BCUT2D eigenvalue weighted by atomic mass is 16.5. The van der Waals surface area contributed by atoms with Gasteiger partial charge in [-0.25, -0.2) is 9.78 Å². The van der Waals surface area contributed by atoms with Gasteiger partial charge in [0.25, 0.3) is 0 Å². The number of rotatable bonds is 10. The standard InChI is InChI=1S/C34H37N5O2/c1-36-16-18-37(19-17-36)34-32(31-14-7-12-28-11-5-6-13-30(28)31)23-39(33(34)24-40)22-29-21-35-26-38(29)15-8-20-41-25-27-9-3-2-4-10-27/h2-7,9-14,21,26H,8,15-20,22-23,25H2,1H3. The number of piperazine rings is 1. The second-order valence-electron chi connectivity index (χ2n) is 10.9. The van der Waals surface area contributed by atoms with Crippen LogP contribution < -0.4 is 0 Å². The van der Waals surface area contributed by atoms with Crippen LogP contribution in [0, 0.1) is 0 Å². The Morgan fingerprint density at radius 1 is 0.927 bits per heavy atom. The topological polar surface area (TPSA) is 53.8 Å². The van der Waals surface area contributed by atoms with Crippen LogP contribution in [0.4, 0.5) is 0 Å². The van der Waals surface area contributed by atoms with E-state index in [1.165, 1.54) is 27.5 Å². The predicted molar refractivity (Wildman–Crippen MR) is 162 cm³/mol. The molecule has 0 spiro atoms. The minimum absolute atomic E-state index is 0.598. The van der Waals surface area contributed by atoms with Gasteiger partial charge in [0.15, 0.2) is 5.94 Å². The third kappa shape index (κ3) is 5.98. The molecule has 3 heterocycles. The molecular formula is C34H37N5O2. The minimum atomic E-state index is 0.598. The maximum atomic E-state index is 12.6. The first-order chi connectivity index (χ1) is 20.2. The van der Waals surface area contributed by atoms with Crippen LogP contribution in [0.2, 0.25) is 0 Å². The van der Waals surface area contributed by atoms with Crippen LogP contribution in [-0.4, -0.2) is 76.6 Å². The van der Waals surface area contributed by atoms with Gasteiger partial charge in [0, 0.05) is 57.6 Å². The van der Waals surface area contributed by atoms with E-state index in [1.807, 2.05) is 30.7 Å². The van der Waals surface area contributed by atoms with E-state index in [0.717, 1.165) is 50.5 Å². The van der Waals surface area contributed by atoms with Crippen LogP contribution in [0.5, 0.6) is 0 Å². The average Bonchev–Trinajstić information content (AvgIpc) is 3.61. The van der Waals surface area contributed by atoms with Gasteiger partial charge in [-0.1, -0.05) is 72.8 Å². The molecule has 0 N–H and O–H groups in total. The highest BCUT2D eigenvalue weighted by molar-refractivity contribution is 5.97. The Balaban J connectivity index is 1.21. The van der Waals surface area contributed by atoms with E-state index in [1.54, 1.807) is 0 Å². The number of aryl methyl sites for hydroxylation is 1. The summed E-state index contributed by atoms with van der Waals surface area (Å²) in [5.74, 6) is 2.36. The number of fused-ring (bicyclic) bond motifs is 1. The Hall–Kier alpha value is -4.16. The zero-order chi connectivity index (χ0) is 28.0. The van der Waals surface area contributed by atoms with Crippen molar-refractivity contribution in [2.75, 3.05) is 46.4 Å². The van der Waals surface area contributed by atoms with Gasteiger partial charge in [-0.15, -0.1) is 0 Å². The molecule has 4 aromatic rings. The van der Waals surface area contributed by atoms with Crippen molar-refractivity contribution in [1.29, 1.82) is 0 Å². The molecule has 0 unspecified atom stereocenters. The summed E-state index contributed by atoms with van der Waals surface area (Å²) in [5.41, 5.74) is 6.34. The highest BCUT2D eigenvalue weighted by Gasteiger charge is 2.34. The largest absolute Gasteiger partial charge is 0.377 e. The lowest BCUT2D eigenvalue weighted by Crippen LogP contribution is -2.44. The fourth-order valence-corrected chi connectivity index (χ4v) is 5.94. The summed E-state index contributed by atoms with van der Waals surface area (Å²) in [6.45, 7) is 7.08. The van der Waals surface area contributed by atoms with Crippen LogP contribution in [0.25, 0.3) is 16.3 Å². The van der Waals surface area contributed by atoms with Crippen molar-refractivity contribution in [2.45, 2.75) is 26.1 Å². The molecule has 1 aromatic heterocycles. The monoisotopic (exact) mass is 547 g/mol. The Kier molecular flexibility index (Phi) is 8.28. The third-order valence-electron chi connectivity index (χ3n) is 8.16. The lowest BCUT2D eigenvalue weighted by atomic mass is 9.97. The summed E-state index contributed by atoms with van der Waals surface area (Å²) in [5, 5.41) is 2.42. The van der Waals surface area contributed by atoms with Crippen molar-refractivity contribution in [3.63, 3.8) is 0 Å². The summed E-state index contributed by atoms with van der Waals surface area (Å²) in [7, 11) is 2.16. The third-order valence-corrected chi connectivity index (χ3v) is 8.16. The second-order valence-corrected chi connectivity index (χ2v) is 10.9. The first-order valence-electron chi connectivity index (χ1n) is 14.5. The number of ether oxygens (including phenoxy) is 1. The van der Waals surface area contributed by atoms with Gasteiger partial charge < -0.3 is 24.0 Å². The molecule has 2 aliphatic rings. The fraction of sp³-hybridized carbons (Fsp3) is 0.324. The summed E-state index contributed by atoms with van der Waals surface area (Å²) in [4.78, 5) is 24.0. The molecule has 7 heteroatoms. The van der Waals surface area contributed by atoms with E-state index in [4.69, 9.17) is 4.74 Å². The molecular weight excluding hydrogens is 510 g/mol. The Bertz CT molecular complexity index is 1560. The van der Waals surface area contributed by atoms with Gasteiger partial charge in [0.2, 0.25) is 0 Å². The first-order valence-corrected chi connectivity index (χ1v) is 14.5. The number of aromatic nitrogens is 2. The van der Waals surface area contributed by atoms with E-state index >= 15 is 0 Å². The van der Waals surface area contributed by atoms with Crippen molar-refractivity contribution >= 4 is 22.3 Å². The van der Waals surface area contributed by atoms with Gasteiger partial charge in [-0.2, -0.15) is 0 Å². The number of imidazole rings is 1. The van der Waals surface area contributed by atoms with Crippen LogP contribution in [0.1, 0.15) is 23.2 Å². The molecule has 6 rings (SSSR count). The van der Waals surface area contributed by atoms with Gasteiger partial charge in [0.1, 0.15) is 5.70 Å². The number of likely N-dealkylation sites (N-methyl/N-ethyl adjacent to an activating group) is 1. The van der Waals surface area contributed by atoms with Gasteiger partial charge in [0.05, 0.1) is 30.9 Å². The molecule has 0 bridgehead atoms. The number of nitrogens with zero attached hydrogens (tertiary/aromatic N) is 5. The number of hydrogen-bond donors (Lipinski definition) is 0. The molecule has 1 fully saturated rings. The zero-order valence-electron chi connectivity index (χ0n) is 23.7. The van der Waals surface area contributed by atoms with Crippen LogP contribution >= 0.6 is 0 Å². The zero-order valence-corrected chi connectivity index (χ0v) is 23.7. The van der Waals surface area contributed by atoms with Crippen molar-refractivity contribution in [1.82, 2.24) is 24.3 Å². The molecule has 1 saturated heterocycles. The maximum Gasteiger partial charge on any atom is 0.152 e. The first kappa shape index (κ1) is 27.0. The van der Waals surface area contributed by atoms with Crippen LogP contribution in [0.3, 0.4) is 0 Å². The molecule has 7 nitrogen and oxygen atoms in total. The highest BCUT2D eigenvalue weighted by Crippen LogP contribution is 2.39. The molecule has 2 aliphatic heterocycles. The number of benzene rings is 3. The average molecular weight is 548 g/mol. The Morgan fingerprint density at radius 2 is 1.71 bits per heavy atom. The fourth-order valence-electron chi connectivity index (χ4n) is 5.94. The Morgan fingerprint density at radius 3 is 2.54 bits per heavy atom. The summed E-state index contributed by atoms with van der Waals surface area (Å²) in [6, 6.07) is 25.2. The SMILES string of the molecule is CN1CCN(C2=C(c3cccc4ccccc34)CN(Cc3cncn3CCCOCc3ccccc3)C2=C=O)CC1. The molecule has 0 amide bonds. The quantitative estimate of drug-likeness (QED) is 0.209. The predicted octanol–water partition coefficient (Wildman–Crippen LogP) is 4.83. The van der Waals surface area contributed by atoms with E-state index in [2.05, 4.69) is 91.8 Å². The molecule has 0 aliphatic carbocycles. The molecule has 210 valence electrons. The van der Waals surface area contributed by atoms with E-state index in [-0.39, 0.29) is 0 Å². The lowest BCUT2D eigenvalue weighted by molar-refractivity contribution is 0.115. The summed E-state index contributed by atoms with van der Waals surface area (Å²) in [6.07, 6.45) is 4.69. The molecule has 0 atom stereocenters. The van der Waals surface area contributed by atoms with Gasteiger partial charge in [-0.05, 0) is 35.4 Å². The molecule has 3 aromatic carbocycles. The lowest BCUT2D eigenvalue weighted by Gasteiger charge is -2.35. The van der Waals surface area contributed by atoms with Crippen LogP contribution in [-0.2, 0) is 29.2 Å². The summed E-state index contributed by atoms with van der Waals surface area (Å²) >= 11 is 0.